The fourth-order valence-corrected chi connectivity index (χ4v) is 1.94. The lowest BCUT2D eigenvalue weighted by atomic mass is 10.1. The molecule has 2 aromatic carbocycles. The van der Waals surface area contributed by atoms with Crippen molar-refractivity contribution in [2.24, 2.45) is 0 Å². The molecule has 0 aliphatic heterocycles. The molecule has 0 heterocycles. The highest BCUT2D eigenvalue weighted by molar-refractivity contribution is 5.95. The number of anilines is 1. The summed E-state index contributed by atoms with van der Waals surface area (Å²) in [4.78, 5) is 23.6. The van der Waals surface area contributed by atoms with Crippen LogP contribution in [0, 0.1) is 12.7 Å². The number of aryl methyl sites for hydroxylation is 1. The van der Waals surface area contributed by atoms with Gasteiger partial charge in [-0.2, -0.15) is 0 Å². The quantitative estimate of drug-likeness (QED) is 0.853. The Kier molecular flexibility index (Phi) is 5.46. The molecule has 0 fully saturated rings. The van der Waals surface area contributed by atoms with Gasteiger partial charge in [0, 0.05) is 12.1 Å². The summed E-state index contributed by atoms with van der Waals surface area (Å²) in [7, 11) is 0. The zero-order valence-electron chi connectivity index (χ0n) is 13.1. The van der Waals surface area contributed by atoms with Crippen molar-refractivity contribution in [3.05, 3.63) is 65.0 Å². The lowest BCUT2D eigenvalue weighted by Gasteiger charge is -2.10. The maximum Gasteiger partial charge on any atom is 0.338 e. The second-order valence-electron chi connectivity index (χ2n) is 5.13. The summed E-state index contributed by atoms with van der Waals surface area (Å²) in [6.45, 7) is 3.66. The zero-order chi connectivity index (χ0) is 16.8. The zero-order valence-corrected chi connectivity index (χ0v) is 13.1. The molecule has 120 valence electrons. The van der Waals surface area contributed by atoms with Crippen LogP contribution in [0.1, 0.15) is 34.8 Å². The number of hydrogen-bond donors (Lipinski definition) is 1. The van der Waals surface area contributed by atoms with Gasteiger partial charge in [0.25, 0.3) is 0 Å². The van der Waals surface area contributed by atoms with Crippen molar-refractivity contribution < 1.29 is 18.7 Å². The summed E-state index contributed by atoms with van der Waals surface area (Å²) in [6, 6.07) is 10.7. The van der Waals surface area contributed by atoms with E-state index in [-0.39, 0.29) is 18.3 Å². The number of hydrogen-bond acceptors (Lipinski definition) is 3. The average molecular weight is 315 g/mol. The first-order valence-corrected chi connectivity index (χ1v) is 7.31. The average Bonchev–Trinajstić information content (AvgIpc) is 2.55. The van der Waals surface area contributed by atoms with E-state index < -0.39 is 5.97 Å². The number of ether oxygens (including phenoxy) is 1. The highest BCUT2D eigenvalue weighted by atomic mass is 19.1. The molecule has 0 unspecified atom stereocenters. The molecule has 0 spiro atoms. The van der Waals surface area contributed by atoms with Gasteiger partial charge >= 0.3 is 5.97 Å². The van der Waals surface area contributed by atoms with E-state index in [2.05, 4.69) is 5.32 Å². The molecule has 2 aromatic rings. The molecule has 0 aliphatic carbocycles. The lowest BCUT2D eigenvalue weighted by Crippen LogP contribution is -2.12. The molecule has 0 saturated carbocycles. The summed E-state index contributed by atoms with van der Waals surface area (Å²) < 4.78 is 18.0. The second-order valence-corrected chi connectivity index (χ2v) is 5.13. The van der Waals surface area contributed by atoms with Crippen LogP contribution in [0.4, 0.5) is 10.1 Å². The van der Waals surface area contributed by atoms with Crippen LogP contribution in [0.5, 0.6) is 0 Å². The highest BCUT2D eigenvalue weighted by Gasteiger charge is 2.11. The van der Waals surface area contributed by atoms with Crippen LogP contribution in [0.25, 0.3) is 0 Å². The van der Waals surface area contributed by atoms with E-state index in [1.54, 1.807) is 37.3 Å². The van der Waals surface area contributed by atoms with Crippen LogP contribution >= 0.6 is 0 Å². The molecule has 0 aromatic heterocycles. The van der Waals surface area contributed by atoms with Crippen LogP contribution in [0.2, 0.25) is 0 Å². The van der Waals surface area contributed by atoms with Crippen molar-refractivity contribution in [2.75, 3.05) is 5.32 Å². The monoisotopic (exact) mass is 315 g/mol. The Morgan fingerprint density at radius 3 is 2.48 bits per heavy atom. The number of carbonyl (C=O) groups is 2. The Hall–Kier alpha value is -2.69. The first-order valence-electron chi connectivity index (χ1n) is 7.31. The van der Waals surface area contributed by atoms with E-state index in [4.69, 9.17) is 4.74 Å². The molecular formula is C18H18FNO3. The van der Waals surface area contributed by atoms with Gasteiger partial charge in [0.2, 0.25) is 5.91 Å². The van der Waals surface area contributed by atoms with Gasteiger partial charge in [-0.25, -0.2) is 9.18 Å². The van der Waals surface area contributed by atoms with Crippen molar-refractivity contribution in [3.63, 3.8) is 0 Å². The maximum atomic E-state index is 12.8. The molecule has 23 heavy (non-hydrogen) atoms. The highest BCUT2D eigenvalue weighted by Crippen LogP contribution is 2.18. The van der Waals surface area contributed by atoms with Gasteiger partial charge in [0.05, 0.1) is 5.56 Å². The number of benzene rings is 2. The van der Waals surface area contributed by atoms with E-state index >= 15 is 0 Å². The normalized spacial score (nSPS) is 10.2. The minimum atomic E-state index is -0.499. The smallest absolute Gasteiger partial charge is 0.338 e. The molecule has 5 heteroatoms. The molecule has 1 N–H and O–H groups in total. The van der Waals surface area contributed by atoms with Crippen LogP contribution in [0.3, 0.4) is 0 Å². The predicted molar refractivity (Wildman–Crippen MR) is 85.6 cm³/mol. The first kappa shape index (κ1) is 16.7. The Bertz CT molecular complexity index is 711. The number of rotatable bonds is 5. The van der Waals surface area contributed by atoms with Crippen LogP contribution in [-0.2, 0) is 16.1 Å². The number of nitrogens with one attached hydrogen (secondary N) is 1. The van der Waals surface area contributed by atoms with Crippen LogP contribution < -0.4 is 5.32 Å². The first-order chi connectivity index (χ1) is 11.0. The van der Waals surface area contributed by atoms with Gasteiger partial charge in [0.15, 0.2) is 0 Å². The molecular weight excluding hydrogens is 297 g/mol. The van der Waals surface area contributed by atoms with Crippen molar-refractivity contribution in [3.8, 4) is 0 Å². The van der Waals surface area contributed by atoms with Gasteiger partial charge in [0.1, 0.15) is 12.4 Å². The van der Waals surface area contributed by atoms with E-state index in [1.165, 1.54) is 12.1 Å². The van der Waals surface area contributed by atoms with Crippen molar-refractivity contribution >= 4 is 17.6 Å². The molecule has 0 radical (unpaired) electrons. The molecule has 0 aliphatic rings. The standard InChI is InChI=1S/C18H18FNO3/c1-3-17(21)20-16-10-14(7-4-12(16)2)18(22)23-11-13-5-8-15(19)9-6-13/h4-10H,3,11H2,1-2H3,(H,20,21). The van der Waals surface area contributed by atoms with Crippen molar-refractivity contribution in [1.82, 2.24) is 0 Å². The van der Waals surface area contributed by atoms with E-state index in [0.29, 0.717) is 23.2 Å². The fourth-order valence-electron chi connectivity index (χ4n) is 1.94. The minimum Gasteiger partial charge on any atom is -0.457 e. The third kappa shape index (κ3) is 4.64. The molecule has 0 saturated heterocycles. The van der Waals surface area contributed by atoms with E-state index in [9.17, 15) is 14.0 Å². The van der Waals surface area contributed by atoms with Gasteiger partial charge in [-0.3, -0.25) is 4.79 Å². The number of amides is 1. The molecule has 4 nitrogen and oxygen atoms in total. The Labute approximate surface area is 134 Å². The Morgan fingerprint density at radius 1 is 1.13 bits per heavy atom. The van der Waals surface area contributed by atoms with Gasteiger partial charge in [-0.15, -0.1) is 0 Å². The largest absolute Gasteiger partial charge is 0.457 e. The Morgan fingerprint density at radius 2 is 1.83 bits per heavy atom. The topological polar surface area (TPSA) is 55.4 Å². The second kappa shape index (κ2) is 7.54. The van der Waals surface area contributed by atoms with E-state index in [1.807, 2.05) is 6.92 Å². The van der Waals surface area contributed by atoms with Gasteiger partial charge in [-0.05, 0) is 42.3 Å². The van der Waals surface area contributed by atoms with Gasteiger partial charge in [-0.1, -0.05) is 25.1 Å². The Balaban J connectivity index is 2.05. The van der Waals surface area contributed by atoms with Crippen molar-refractivity contribution in [2.45, 2.75) is 26.9 Å². The summed E-state index contributed by atoms with van der Waals surface area (Å²) in [5.74, 6) is -0.957. The summed E-state index contributed by atoms with van der Waals surface area (Å²) >= 11 is 0. The fraction of sp³-hybridized carbons (Fsp3) is 0.222. The summed E-state index contributed by atoms with van der Waals surface area (Å²) in [6.07, 6.45) is 0.360. The minimum absolute atomic E-state index is 0.0592. The van der Waals surface area contributed by atoms with Gasteiger partial charge < -0.3 is 10.1 Å². The number of esters is 1. The maximum absolute atomic E-state index is 12.8. The molecule has 0 atom stereocenters. The van der Waals surface area contributed by atoms with Crippen molar-refractivity contribution in [1.29, 1.82) is 0 Å². The molecule has 2 rings (SSSR count). The van der Waals surface area contributed by atoms with Crippen LogP contribution in [-0.4, -0.2) is 11.9 Å². The van der Waals surface area contributed by atoms with Crippen LogP contribution in [0.15, 0.2) is 42.5 Å². The third-order valence-corrected chi connectivity index (χ3v) is 3.35. The summed E-state index contributed by atoms with van der Waals surface area (Å²) in [5, 5.41) is 2.75. The third-order valence-electron chi connectivity index (χ3n) is 3.35. The lowest BCUT2D eigenvalue weighted by molar-refractivity contribution is -0.115. The number of halogens is 1. The van der Waals surface area contributed by atoms with E-state index in [0.717, 1.165) is 5.56 Å². The predicted octanol–water partition coefficient (Wildman–Crippen LogP) is 3.84. The molecule has 1 amide bonds. The number of carbonyl (C=O) groups excluding carboxylic acids is 2. The molecule has 0 bridgehead atoms. The SMILES string of the molecule is CCC(=O)Nc1cc(C(=O)OCc2ccc(F)cc2)ccc1C. The summed E-state index contributed by atoms with van der Waals surface area (Å²) in [5.41, 5.74) is 2.51.